The molecule has 0 aliphatic heterocycles. The van der Waals surface area contributed by atoms with Crippen molar-refractivity contribution >= 4 is 11.8 Å². The van der Waals surface area contributed by atoms with Crippen LogP contribution in [0, 0.1) is 11.3 Å². The van der Waals surface area contributed by atoms with E-state index >= 15 is 0 Å². The summed E-state index contributed by atoms with van der Waals surface area (Å²) < 4.78 is 39.4. The highest BCUT2D eigenvalue weighted by Gasteiger charge is 2.32. The number of aromatic nitrogens is 1. The molecule has 3 N–H and O–H groups in total. The third kappa shape index (κ3) is 3.51. The van der Waals surface area contributed by atoms with E-state index in [0.717, 1.165) is 6.07 Å². The Bertz CT molecular complexity index is 522. The van der Waals surface area contributed by atoms with Crippen LogP contribution in [0.25, 0.3) is 0 Å². The van der Waals surface area contributed by atoms with Crippen molar-refractivity contribution in [3.8, 4) is 11.9 Å². The molecule has 0 aromatic carbocycles. The van der Waals surface area contributed by atoms with Crippen molar-refractivity contribution in [1.29, 1.82) is 5.26 Å². The molecule has 0 amide bonds. The molecule has 9 heteroatoms. The highest BCUT2D eigenvalue weighted by atomic mass is 19.4. The summed E-state index contributed by atoms with van der Waals surface area (Å²) in [5, 5.41) is 17.3. The van der Waals surface area contributed by atoms with E-state index in [2.05, 4.69) is 9.72 Å². The van der Waals surface area contributed by atoms with E-state index in [1.807, 2.05) is 0 Å². The van der Waals surface area contributed by atoms with Gasteiger partial charge >= 0.3 is 12.3 Å². The fourth-order valence-electron chi connectivity index (χ4n) is 1.19. The average molecular weight is 261 g/mol. The largest absolute Gasteiger partial charge is 0.574 e. The monoisotopic (exact) mass is 261 g/mol. The molecule has 0 saturated carbocycles. The second-order valence-corrected chi connectivity index (χ2v) is 3.11. The molecule has 1 aromatic heterocycles. The molecule has 18 heavy (non-hydrogen) atoms. The van der Waals surface area contributed by atoms with Gasteiger partial charge in [0, 0.05) is 6.07 Å². The zero-order valence-corrected chi connectivity index (χ0v) is 8.65. The van der Waals surface area contributed by atoms with Crippen LogP contribution in [0.1, 0.15) is 11.1 Å². The van der Waals surface area contributed by atoms with Crippen molar-refractivity contribution in [2.75, 3.05) is 5.73 Å². The number of carbonyl (C=O) groups is 1. The normalized spacial score (nSPS) is 10.8. The zero-order valence-electron chi connectivity index (χ0n) is 8.65. The molecular weight excluding hydrogens is 255 g/mol. The number of carboxylic acids is 1. The van der Waals surface area contributed by atoms with E-state index in [1.54, 1.807) is 6.07 Å². The van der Waals surface area contributed by atoms with Crippen molar-refractivity contribution in [2.45, 2.75) is 12.8 Å². The van der Waals surface area contributed by atoms with Gasteiger partial charge in [0.15, 0.2) is 0 Å². The minimum atomic E-state index is -4.98. The smallest absolute Gasteiger partial charge is 0.481 e. The van der Waals surface area contributed by atoms with Gasteiger partial charge in [-0.05, 0) is 5.56 Å². The Hall–Kier alpha value is -2.50. The Morgan fingerprint density at radius 2 is 2.22 bits per heavy atom. The molecule has 0 aliphatic carbocycles. The number of carboxylic acid groups (broad SMARTS) is 1. The van der Waals surface area contributed by atoms with E-state index < -0.39 is 30.5 Å². The van der Waals surface area contributed by atoms with E-state index in [1.165, 1.54) is 0 Å². The number of nitrogens with zero attached hydrogens (tertiary/aromatic N) is 2. The molecule has 0 spiro atoms. The molecule has 1 rings (SSSR count). The van der Waals surface area contributed by atoms with Crippen molar-refractivity contribution in [3.05, 3.63) is 17.2 Å². The first-order valence-corrected chi connectivity index (χ1v) is 4.40. The molecule has 0 saturated heterocycles. The summed E-state index contributed by atoms with van der Waals surface area (Å²) in [5.41, 5.74) is 4.77. The lowest BCUT2D eigenvalue weighted by molar-refractivity contribution is -0.276. The number of nitrogens with two attached hydrogens (primary N) is 1. The van der Waals surface area contributed by atoms with Crippen molar-refractivity contribution < 1.29 is 27.8 Å². The second kappa shape index (κ2) is 4.79. The van der Waals surface area contributed by atoms with Crippen LogP contribution in [-0.2, 0) is 11.2 Å². The lowest BCUT2D eigenvalue weighted by atomic mass is 10.1. The number of nitriles is 1. The number of hydrogen-bond donors (Lipinski definition) is 2. The summed E-state index contributed by atoms with van der Waals surface area (Å²) >= 11 is 0. The number of anilines is 1. The molecule has 1 heterocycles. The van der Waals surface area contributed by atoms with Crippen LogP contribution < -0.4 is 10.5 Å². The summed E-state index contributed by atoms with van der Waals surface area (Å²) in [6.07, 6.45) is -5.64. The lowest BCUT2D eigenvalue weighted by Gasteiger charge is -2.10. The average Bonchev–Trinajstić information content (AvgIpc) is 2.13. The topological polar surface area (TPSA) is 109 Å². The first kappa shape index (κ1) is 13.6. The zero-order chi connectivity index (χ0) is 13.9. The Morgan fingerprint density at radius 3 is 2.67 bits per heavy atom. The first-order valence-electron chi connectivity index (χ1n) is 4.40. The van der Waals surface area contributed by atoms with Gasteiger partial charge in [-0.2, -0.15) is 10.2 Å². The third-order valence-corrected chi connectivity index (χ3v) is 1.78. The lowest BCUT2D eigenvalue weighted by Crippen LogP contribution is -2.19. The van der Waals surface area contributed by atoms with Crippen LogP contribution in [0.3, 0.4) is 0 Å². The predicted octanol–water partition coefficient (Wildman–Crippen LogP) is 1.06. The maximum Gasteiger partial charge on any atom is 0.574 e. The third-order valence-electron chi connectivity index (χ3n) is 1.78. The van der Waals surface area contributed by atoms with Gasteiger partial charge in [0.25, 0.3) is 0 Å². The maximum absolute atomic E-state index is 12.0. The molecular formula is C9H6F3N3O3. The second-order valence-electron chi connectivity index (χ2n) is 3.11. The van der Waals surface area contributed by atoms with E-state index in [0.29, 0.717) is 0 Å². The van der Waals surface area contributed by atoms with Gasteiger partial charge in [-0.25, -0.2) is 0 Å². The minimum absolute atomic E-state index is 0.197. The molecule has 1 aromatic rings. The first-order chi connectivity index (χ1) is 8.23. The standard InChI is InChI=1S/C9H6F3N3O3/c10-9(11,12)18-6-1-4(2-7(16)17)5(3-13)8(14)15-6/h1H,2H2,(H2,14,15)(H,16,17). The van der Waals surface area contributed by atoms with Gasteiger partial charge in [-0.3, -0.25) is 4.79 Å². The van der Waals surface area contributed by atoms with Crippen LogP contribution >= 0.6 is 0 Å². The van der Waals surface area contributed by atoms with Crippen LogP contribution in [0.2, 0.25) is 0 Å². The highest BCUT2D eigenvalue weighted by Crippen LogP contribution is 2.25. The maximum atomic E-state index is 12.0. The Kier molecular flexibility index (Phi) is 3.61. The van der Waals surface area contributed by atoms with Gasteiger partial charge in [0.1, 0.15) is 11.9 Å². The molecule has 0 bridgehead atoms. The quantitative estimate of drug-likeness (QED) is 0.841. The molecule has 96 valence electrons. The van der Waals surface area contributed by atoms with Crippen molar-refractivity contribution in [3.63, 3.8) is 0 Å². The van der Waals surface area contributed by atoms with Crippen LogP contribution in [0.5, 0.6) is 5.88 Å². The predicted molar refractivity (Wildman–Crippen MR) is 51.4 cm³/mol. The number of ether oxygens (including phenoxy) is 1. The van der Waals surface area contributed by atoms with E-state index in [4.69, 9.17) is 16.1 Å². The van der Waals surface area contributed by atoms with Crippen LogP contribution in [-0.4, -0.2) is 22.4 Å². The Labute approximate surface area is 98.4 Å². The molecule has 0 aliphatic rings. The van der Waals surface area contributed by atoms with Crippen LogP contribution in [0.4, 0.5) is 19.0 Å². The summed E-state index contributed by atoms with van der Waals surface area (Å²) in [4.78, 5) is 13.7. The van der Waals surface area contributed by atoms with Gasteiger partial charge < -0.3 is 15.6 Å². The fraction of sp³-hybridized carbons (Fsp3) is 0.222. The summed E-state index contributed by atoms with van der Waals surface area (Å²) in [7, 11) is 0. The van der Waals surface area contributed by atoms with Crippen molar-refractivity contribution in [1.82, 2.24) is 4.98 Å². The van der Waals surface area contributed by atoms with E-state index in [-0.39, 0.29) is 11.1 Å². The van der Waals surface area contributed by atoms with Crippen LogP contribution in [0.15, 0.2) is 6.07 Å². The Balaban J connectivity index is 3.22. The van der Waals surface area contributed by atoms with Gasteiger partial charge in [-0.15, -0.1) is 13.2 Å². The fourth-order valence-corrected chi connectivity index (χ4v) is 1.19. The highest BCUT2D eigenvalue weighted by molar-refractivity contribution is 5.73. The summed E-state index contributed by atoms with van der Waals surface area (Å²) in [6, 6.07) is 2.29. The van der Waals surface area contributed by atoms with Gasteiger partial charge in [0.05, 0.1) is 12.0 Å². The summed E-state index contributed by atoms with van der Waals surface area (Å²) in [6.45, 7) is 0. The minimum Gasteiger partial charge on any atom is -0.481 e. The van der Waals surface area contributed by atoms with E-state index in [9.17, 15) is 18.0 Å². The molecule has 0 fully saturated rings. The SMILES string of the molecule is N#Cc1c(CC(=O)O)cc(OC(F)(F)F)nc1N. The number of hydrogen-bond acceptors (Lipinski definition) is 5. The molecule has 6 nitrogen and oxygen atoms in total. The Morgan fingerprint density at radius 1 is 1.61 bits per heavy atom. The number of halogens is 3. The molecule has 0 atom stereocenters. The number of aliphatic carboxylic acids is 1. The van der Waals surface area contributed by atoms with Gasteiger partial charge in [-0.1, -0.05) is 0 Å². The number of pyridine rings is 1. The molecule has 0 unspecified atom stereocenters. The molecule has 0 radical (unpaired) electrons. The van der Waals surface area contributed by atoms with Gasteiger partial charge in [0.2, 0.25) is 5.88 Å². The number of nitrogen functional groups attached to an aromatic ring is 1. The number of rotatable bonds is 3. The summed E-state index contributed by atoms with van der Waals surface area (Å²) in [5.74, 6) is -2.75. The number of alkyl halides is 3. The van der Waals surface area contributed by atoms with Crippen molar-refractivity contribution in [2.24, 2.45) is 0 Å².